The van der Waals surface area contributed by atoms with Gasteiger partial charge >= 0.3 is 0 Å². The van der Waals surface area contributed by atoms with E-state index in [9.17, 15) is 0 Å². The van der Waals surface area contributed by atoms with Gasteiger partial charge in [0.1, 0.15) is 11.5 Å². The molecule has 0 aliphatic heterocycles. The normalized spacial score (nSPS) is 14.1. The molecular weight excluding hydrogens is 202 g/mol. The number of hydrogen-bond donors (Lipinski definition) is 1. The molecule has 0 aliphatic rings. The molecule has 3 heteroatoms. The Morgan fingerprint density at radius 1 is 1.44 bits per heavy atom. The second-order valence-electron chi connectivity index (χ2n) is 4.93. The van der Waals surface area contributed by atoms with E-state index in [1.54, 1.807) is 7.11 Å². The van der Waals surface area contributed by atoms with Gasteiger partial charge in [0, 0.05) is 25.3 Å². The van der Waals surface area contributed by atoms with Crippen molar-refractivity contribution < 1.29 is 9.15 Å². The largest absolute Gasteiger partial charge is 0.466 e. The van der Waals surface area contributed by atoms with Crippen molar-refractivity contribution in [3.8, 4) is 0 Å². The Morgan fingerprint density at radius 3 is 2.50 bits per heavy atom. The van der Waals surface area contributed by atoms with Crippen LogP contribution in [0.15, 0.2) is 10.5 Å². The predicted octanol–water partition coefficient (Wildman–Crippen LogP) is 2.97. The first kappa shape index (κ1) is 13.3. The maximum Gasteiger partial charge on any atom is 0.105 e. The highest BCUT2D eigenvalue weighted by molar-refractivity contribution is 5.23. The predicted molar refractivity (Wildman–Crippen MR) is 65.7 cm³/mol. The number of rotatable bonds is 5. The van der Waals surface area contributed by atoms with Gasteiger partial charge in [-0.1, -0.05) is 0 Å². The molecule has 92 valence electrons. The van der Waals surface area contributed by atoms with Crippen molar-refractivity contribution in [3.63, 3.8) is 0 Å². The van der Waals surface area contributed by atoms with Crippen LogP contribution in [-0.2, 0) is 4.74 Å². The van der Waals surface area contributed by atoms with Gasteiger partial charge in [-0.3, -0.25) is 0 Å². The average molecular weight is 225 g/mol. The Labute approximate surface area is 98.2 Å². The molecule has 0 aromatic carbocycles. The third kappa shape index (κ3) is 3.35. The van der Waals surface area contributed by atoms with Gasteiger partial charge in [0.15, 0.2) is 0 Å². The number of hydrogen-bond acceptors (Lipinski definition) is 3. The Balaban J connectivity index is 2.59. The van der Waals surface area contributed by atoms with Crippen LogP contribution in [-0.4, -0.2) is 19.3 Å². The van der Waals surface area contributed by atoms with Crippen molar-refractivity contribution >= 4 is 0 Å². The van der Waals surface area contributed by atoms with E-state index in [0.717, 1.165) is 18.1 Å². The van der Waals surface area contributed by atoms with Crippen molar-refractivity contribution in [2.45, 2.75) is 46.3 Å². The molecule has 16 heavy (non-hydrogen) atoms. The van der Waals surface area contributed by atoms with Gasteiger partial charge in [0.05, 0.1) is 5.60 Å². The molecule has 1 rings (SSSR count). The molecule has 1 aromatic heterocycles. The number of furan rings is 1. The molecule has 1 atom stereocenters. The zero-order chi connectivity index (χ0) is 12.3. The molecule has 0 saturated carbocycles. The van der Waals surface area contributed by atoms with E-state index < -0.39 is 0 Å². The zero-order valence-electron chi connectivity index (χ0n) is 11.2. The highest BCUT2D eigenvalue weighted by Gasteiger charge is 2.19. The lowest BCUT2D eigenvalue weighted by molar-refractivity contribution is 0.0214. The second kappa shape index (κ2) is 5.02. The first-order valence-electron chi connectivity index (χ1n) is 5.71. The van der Waals surface area contributed by atoms with E-state index in [1.807, 2.05) is 13.8 Å². The summed E-state index contributed by atoms with van der Waals surface area (Å²) in [5.41, 5.74) is 1.09. The van der Waals surface area contributed by atoms with Crippen LogP contribution in [0.2, 0.25) is 0 Å². The Kier molecular flexibility index (Phi) is 4.16. The van der Waals surface area contributed by atoms with Gasteiger partial charge in [0.2, 0.25) is 0 Å². The maximum absolute atomic E-state index is 5.52. The van der Waals surface area contributed by atoms with Crippen LogP contribution < -0.4 is 5.32 Å². The van der Waals surface area contributed by atoms with Crippen LogP contribution in [0.25, 0.3) is 0 Å². The van der Waals surface area contributed by atoms with Gasteiger partial charge in [-0.2, -0.15) is 0 Å². The molecule has 0 aliphatic carbocycles. The fourth-order valence-corrected chi connectivity index (χ4v) is 1.66. The Hall–Kier alpha value is -0.800. The van der Waals surface area contributed by atoms with Gasteiger partial charge < -0.3 is 14.5 Å². The summed E-state index contributed by atoms with van der Waals surface area (Å²) < 4.78 is 10.9. The quantitative estimate of drug-likeness (QED) is 0.836. The number of ether oxygens (including phenoxy) is 1. The monoisotopic (exact) mass is 225 g/mol. The Morgan fingerprint density at radius 2 is 2.06 bits per heavy atom. The third-order valence-electron chi connectivity index (χ3n) is 2.93. The van der Waals surface area contributed by atoms with Crippen molar-refractivity contribution in [2.24, 2.45) is 0 Å². The van der Waals surface area contributed by atoms with Crippen LogP contribution in [0.3, 0.4) is 0 Å². The molecule has 1 N–H and O–H groups in total. The minimum Gasteiger partial charge on any atom is -0.466 e. The van der Waals surface area contributed by atoms with Crippen molar-refractivity contribution in [1.82, 2.24) is 5.32 Å². The number of methoxy groups -OCH3 is 1. The highest BCUT2D eigenvalue weighted by atomic mass is 16.5. The Bertz CT molecular complexity index is 342. The van der Waals surface area contributed by atoms with Gasteiger partial charge in [-0.15, -0.1) is 0 Å². The van der Waals surface area contributed by atoms with E-state index >= 15 is 0 Å². The van der Waals surface area contributed by atoms with Crippen LogP contribution in [0.5, 0.6) is 0 Å². The topological polar surface area (TPSA) is 34.4 Å². The molecule has 1 aromatic rings. The molecule has 0 bridgehead atoms. The molecule has 1 heterocycles. The SMILES string of the molecule is COC(C)(C)CNC(C)c1cc(C)oc1C. The highest BCUT2D eigenvalue weighted by Crippen LogP contribution is 2.21. The van der Waals surface area contributed by atoms with E-state index in [-0.39, 0.29) is 11.6 Å². The second-order valence-corrected chi connectivity index (χ2v) is 4.93. The lowest BCUT2D eigenvalue weighted by atomic mass is 10.1. The summed E-state index contributed by atoms with van der Waals surface area (Å²) in [6.07, 6.45) is 0. The fraction of sp³-hybridized carbons (Fsp3) is 0.692. The summed E-state index contributed by atoms with van der Waals surface area (Å²) in [4.78, 5) is 0. The molecule has 0 fully saturated rings. The molecule has 0 amide bonds. The summed E-state index contributed by atoms with van der Waals surface area (Å²) in [5.74, 6) is 1.96. The first-order chi connectivity index (χ1) is 7.35. The molecule has 0 radical (unpaired) electrons. The minimum atomic E-state index is -0.138. The first-order valence-corrected chi connectivity index (χ1v) is 5.71. The molecule has 1 unspecified atom stereocenters. The van der Waals surface area contributed by atoms with Gasteiger partial charge in [-0.25, -0.2) is 0 Å². The number of aryl methyl sites for hydroxylation is 2. The summed E-state index contributed by atoms with van der Waals surface area (Å²) >= 11 is 0. The van der Waals surface area contributed by atoms with E-state index in [2.05, 4.69) is 32.2 Å². The van der Waals surface area contributed by atoms with Crippen molar-refractivity contribution in [3.05, 3.63) is 23.2 Å². The third-order valence-corrected chi connectivity index (χ3v) is 2.93. The summed E-state index contributed by atoms with van der Waals surface area (Å²) in [5, 5.41) is 3.46. The van der Waals surface area contributed by atoms with Gasteiger partial charge in [-0.05, 0) is 40.7 Å². The molecular formula is C13H23NO2. The van der Waals surface area contributed by atoms with Crippen LogP contribution in [0, 0.1) is 13.8 Å². The van der Waals surface area contributed by atoms with E-state index in [0.29, 0.717) is 0 Å². The number of nitrogens with one attached hydrogen (secondary N) is 1. The van der Waals surface area contributed by atoms with Crippen LogP contribution in [0.1, 0.15) is 43.9 Å². The summed E-state index contributed by atoms with van der Waals surface area (Å²) in [7, 11) is 1.74. The standard InChI is InChI=1S/C13H23NO2/c1-9-7-12(11(3)16-9)10(2)14-8-13(4,5)15-6/h7,10,14H,8H2,1-6H3. The summed E-state index contributed by atoms with van der Waals surface area (Å²) in [6, 6.07) is 2.37. The van der Waals surface area contributed by atoms with Crippen LogP contribution in [0.4, 0.5) is 0 Å². The lowest BCUT2D eigenvalue weighted by Gasteiger charge is -2.25. The fourth-order valence-electron chi connectivity index (χ4n) is 1.66. The van der Waals surface area contributed by atoms with E-state index in [4.69, 9.17) is 9.15 Å². The molecule has 0 saturated heterocycles. The average Bonchev–Trinajstić information content (AvgIpc) is 2.54. The minimum absolute atomic E-state index is 0.138. The van der Waals surface area contributed by atoms with Gasteiger partial charge in [0.25, 0.3) is 0 Å². The lowest BCUT2D eigenvalue weighted by Crippen LogP contribution is -2.37. The van der Waals surface area contributed by atoms with Crippen molar-refractivity contribution in [2.75, 3.05) is 13.7 Å². The molecule has 3 nitrogen and oxygen atoms in total. The smallest absolute Gasteiger partial charge is 0.105 e. The zero-order valence-corrected chi connectivity index (χ0v) is 11.2. The molecule has 0 spiro atoms. The summed E-state index contributed by atoms with van der Waals surface area (Å²) in [6.45, 7) is 11.1. The van der Waals surface area contributed by atoms with Crippen molar-refractivity contribution in [1.29, 1.82) is 0 Å². The van der Waals surface area contributed by atoms with Crippen LogP contribution >= 0.6 is 0 Å². The maximum atomic E-state index is 5.52. The van der Waals surface area contributed by atoms with E-state index in [1.165, 1.54) is 5.56 Å².